The molecule has 0 bridgehead atoms. The van der Waals surface area contributed by atoms with Crippen LogP contribution in [0, 0.1) is 11.8 Å². The Balaban J connectivity index is 1.42. The van der Waals surface area contributed by atoms with E-state index in [-0.39, 0.29) is 0 Å². The summed E-state index contributed by atoms with van der Waals surface area (Å²) in [5.41, 5.74) is 0. The second-order valence-corrected chi connectivity index (χ2v) is 8.15. The molecule has 0 radical (unpaired) electrons. The summed E-state index contributed by atoms with van der Waals surface area (Å²) in [6, 6.07) is 0. The molecule has 2 saturated heterocycles. The number of piperidine rings is 2. The Morgan fingerprint density at radius 2 is 1.75 bits per heavy atom. The normalized spacial score (nSPS) is 41.2. The lowest BCUT2D eigenvalue weighted by atomic mass is 10.1. The highest BCUT2D eigenvalue weighted by Crippen LogP contribution is 2.51. The maximum Gasteiger partial charge on any atom is 0.0668 e. The molecule has 3 nitrogen and oxygen atoms in total. The van der Waals surface area contributed by atoms with Crippen molar-refractivity contribution in [2.75, 3.05) is 26.2 Å². The molecule has 3 fully saturated rings. The molecular weight excluding hydrogens is 450 g/mol. The molecule has 0 spiro atoms. The first-order chi connectivity index (χ1) is 7.78. The minimum Gasteiger partial charge on any atom is -0.374 e. The fourth-order valence-corrected chi connectivity index (χ4v) is 4.85. The molecule has 2 unspecified atom stereocenters. The minimum absolute atomic E-state index is 0.544. The van der Waals surface area contributed by atoms with Crippen molar-refractivity contribution >= 4 is 53.2 Å². The smallest absolute Gasteiger partial charge is 0.0668 e. The van der Waals surface area contributed by atoms with E-state index in [2.05, 4.69) is 51.5 Å². The van der Waals surface area contributed by atoms with E-state index in [9.17, 15) is 0 Å². The standard InChI is InChI=1S/C10H16I2N2OS/c11-13-3-1-7(2-4-13)15-10-8-5-14(16-12)6-9(8)10/h7-10H,1-6H2. The van der Waals surface area contributed by atoms with Crippen molar-refractivity contribution in [3.63, 3.8) is 0 Å². The zero-order valence-corrected chi connectivity index (χ0v) is 14.2. The number of rotatable bonds is 3. The van der Waals surface area contributed by atoms with Crippen LogP contribution in [0.1, 0.15) is 12.8 Å². The maximum absolute atomic E-state index is 6.24. The van der Waals surface area contributed by atoms with E-state index >= 15 is 0 Å². The van der Waals surface area contributed by atoms with Gasteiger partial charge >= 0.3 is 0 Å². The van der Waals surface area contributed by atoms with Crippen LogP contribution in [0.15, 0.2) is 0 Å². The average molecular weight is 466 g/mol. The molecule has 0 aromatic heterocycles. The second kappa shape index (κ2) is 5.36. The Hall–Kier alpha value is 1.69. The summed E-state index contributed by atoms with van der Waals surface area (Å²) < 4.78 is 11.1. The van der Waals surface area contributed by atoms with E-state index in [1.165, 1.54) is 39.0 Å². The zero-order chi connectivity index (χ0) is 11.1. The van der Waals surface area contributed by atoms with Gasteiger partial charge in [-0.05, 0) is 22.0 Å². The van der Waals surface area contributed by atoms with Crippen molar-refractivity contribution in [1.29, 1.82) is 0 Å². The Morgan fingerprint density at radius 3 is 2.31 bits per heavy atom. The fourth-order valence-electron chi connectivity index (χ4n) is 2.87. The highest BCUT2D eigenvalue weighted by molar-refractivity contribution is 14.2. The van der Waals surface area contributed by atoms with Crippen LogP contribution < -0.4 is 0 Å². The van der Waals surface area contributed by atoms with Gasteiger partial charge in [0.25, 0.3) is 0 Å². The van der Waals surface area contributed by atoms with E-state index in [0.29, 0.717) is 12.2 Å². The number of hydrogen-bond acceptors (Lipinski definition) is 4. The molecule has 2 aliphatic heterocycles. The summed E-state index contributed by atoms with van der Waals surface area (Å²) in [5.74, 6) is 1.69. The van der Waals surface area contributed by atoms with Crippen LogP contribution in [0.5, 0.6) is 0 Å². The lowest BCUT2D eigenvalue weighted by molar-refractivity contribution is -0.00358. The average Bonchev–Trinajstić information content (AvgIpc) is 2.77. The molecule has 2 atom stereocenters. The molecule has 0 N–H and O–H groups in total. The molecule has 1 aliphatic carbocycles. The number of nitrogens with zero attached hydrogens (tertiary/aromatic N) is 2. The Kier molecular flexibility index (Phi) is 4.26. The van der Waals surface area contributed by atoms with Gasteiger partial charge in [-0.1, -0.05) is 0 Å². The lowest BCUT2D eigenvalue weighted by Gasteiger charge is -2.28. The number of ether oxygens (including phenoxy) is 1. The largest absolute Gasteiger partial charge is 0.374 e. The van der Waals surface area contributed by atoms with Crippen LogP contribution >= 0.6 is 53.2 Å². The predicted molar refractivity (Wildman–Crippen MR) is 83.7 cm³/mol. The SMILES string of the molecule is ISN1CC2C(C1)C2OC1CCN(I)CC1. The van der Waals surface area contributed by atoms with Gasteiger partial charge in [-0.25, -0.2) is 7.42 Å². The summed E-state index contributed by atoms with van der Waals surface area (Å²) in [6.07, 6.45) is 3.60. The highest BCUT2D eigenvalue weighted by Gasteiger charge is 2.57. The van der Waals surface area contributed by atoms with Crippen LogP contribution in [0.4, 0.5) is 0 Å². The molecule has 1 saturated carbocycles. The number of fused-ring (bicyclic) bond motifs is 1. The van der Waals surface area contributed by atoms with Gasteiger partial charge in [-0.3, -0.25) is 0 Å². The number of hydrogen-bond donors (Lipinski definition) is 0. The molecule has 6 heteroatoms. The molecule has 0 aromatic rings. The van der Waals surface area contributed by atoms with Crippen molar-refractivity contribution in [3.8, 4) is 0 Å². The van der Waals surface area contributed by atoms with E-state index in [1.54, 1.807) is 0 Å². The summed E-state index contributed by atoms with van der Waals surface area (Å²) in [4.78, 5) is 0. The van der Waals surface area contributed by atoms with Gasteiger partial charge in [0.2, 0.25) is 0 Å². The first-order valence-electron chi connectivity index (χ1n) is 5.88. The number of halogens is 2. The summed E-state index contributed by atoms with van der Waals surface area (Å²) >= 11 is 4.80. The molecule has 3 rings (SSSR count). The summed E-state index contributed by atoms with van der Waals surface area (Å²) in [5, 5.41) is 0. The van der Waals surface area contributed by atoms with Gasteiger partial charge in [0.15, 0.2) is 0 Å². The molecular formula is C10H16I2N2OS. The molecule has 2 heterocycles. The van der Waals surface area contributed by atoms with Gasteiger partial charge in [-0.2, -0.15) is 0 Å². The van der Waals surface area contributed by atoms with Crippen LogP contribution in [-0.4, -0.2) is 45.8 Å². The van der Waals surface area contributed by atoms with E-state index in [4.69, 9.17) is 4.74 Å². The van der Waals surface area contributed by atoms with Gasteiger partial charge in [0, 0.05) is 82.1 Å². The van der Waals surface area contributed by atoms with Gasteiger partial charge in [0.1, 0.15) is 0 Å². The van der Waals surface area contributed by atoms with E-state index < -0.39 is 0 Å². The Morgan fingerprint density at radius 1 is 1.12 bits per heavy atom. The predicted octanol–water partition coefficient (Wildman–Crippen LogP) is 2.75. The molecule has 16 heavy (non-hydrogen) atoms. The van der Waals surface area contributed by atoms with Crippen LogP contribution in [0.25, 0.3) is 0 Å². The van der Waals surface area contributed by atoms with Crippen molar-refractivity contribution in [2.24, 2.45) is 11.8 Å². The van der Waals surface area contributed by atoms with Crippen molar-refractivity contribution in [1.82, 2.24) is 7.42 Å². The van der Waals surface area contributed by atoms with E-state index in [1.807, 2.05) is 9.12 Å². The van der Waals surface area contributed by atoms with Crippen LogP contribution in [0.3, 0.4) is 0 Å². The molecule has 3 aliphatic rings. The third kappa shape index (κ3) is 2.66. The van der Waals surface area contributed by atoms with Crippen molar-refractivity contribution < 1.29 is 4.74 Å². The summed E-state index contributed by atoms with van der Waals surface area (Å²) in [6.45, 7) is 4.88. The maximum atomic E-state index is 6.24. The molecule has 0 aromatic carbocycles. The molecule has 0 amide bonds. The first kappa shape index (κ1) is 12.7. The third-order valence-corrected chi connectivity index (χ3v) is 7.05. The second-order valence-electron chi connectivity index (χ2n) is 4.95. The van der Waals surface area contributed by atoms with Crippen LogP contribution in [0.2, 0.25) is 0 Å². The quantitative estimate of drug-likeness (QED) is 0.361. The van der Waals surface area contributed by atoms with Gasteiger partial charge < -0.3 is 4.74 Å². The van der Waals surface area contributed by atoms with Crippen molar-refractivity contribution in [3.05, 3.63) is 0 Å². The highest BCUT2D eigenvalue weighted by atomic mass is 127. The minimum atomic E-state index is 0.544. The van der Waals surface area contributed by atoms with Crippen LogP contribution in [-0.2, 0) is 4.74 Å². The van der Waals surface area contributed by atoms with E-state index in [0.717, 1.165) is 11.8 Å². The Labute approximate surface area is 127 Å². The topological polar surface area (TPSA) is 15.7 Å². The molecule has 92 valence electrons. The zero-order valence-electron chi connectivity index (χ0n) is 9.02. The lowest BCUT2D eigenvalue weighted by Crippen LogP contribution is -2.32. The monoisotopic (exact) mass is 466 g/mol. The first-order valence-corrected chi connectivity index (χ1v) is 10.2. The third-order valence-electron chi connectivity index (χ3n) is 3.92. The van der Waals surface area contributed by atoms with Gasteiger partial charge in [-0.15, -0.1) is 0 Å². The fraction of sp³-hybridized carbons (Fsp3) is 1.00. The van der Waals surface area contributed by atoms with Gasteiger partial charge in [0.05, 0.1) is 12.2 Å². The Bertz CT molecular complexity index is 251. The van der Waals surface area contributed by atoms with Crippen molar-refractivity contribution in [2.45, 2.75) is 25.0 Å². The summed E-state index contributed by atoms with van der Waals surface area (Å²) in [7, 11) is 1.86.